The Bertz CT molecular complexity index is 918. The number of hydrogen-bond acceptors (Lipinski definition) is 3. The van der Waals surface area contributed by atoms with Crippen LogP contribution in [0.25, 0.3) is 0 Å². The predicted octanol–water partition coefficient (Wildman–Crippen LogP) is 6.35. The number of rotatable bonds is 9. The lowest BCUT2D eigenvalue weighted by Gasteiger charge is -2.16. The lowest BCUT2D eigenvalue weighted by atomic mass is 9.99. The van der Waals surface area contributed by atoms with E-state index in [-0.39, 0.29) is 5.69 Å². The molecule has 160 valence electrons. The Morgan fingerprint density at radius 1 is 1.13 bits per heavy atom. The minimum atomic E-state index is -4.69. The Labute approximate surface area is 174 Å². The summed E-state index contributed by atoms with van der Waals surface area (Å²) in [4.78, 5) is 13.0. The molecule has 0 fully saturated rings. The Balaban J connectivity index is 2.34. The number of halogens is 3. The van der Waals surface area contributed by atoms with Crippen molar-refractivity contribution in [2.45, 2.75) is 52.1 Å². The zero-order valence-corrected chi connectivity index (χ0v) is 17.1. The molecule has 0 aliphatic carbocycles. The van der Waals surface area contributed by atoms with E-state index in [4.69, 9.17) is 10.00 Å². The van der Waals surface area contributed by atoms with Gasteiger partial charge in [-0.15, -0.1) is 0 Å². The summed E-state index contributed by atoms with van der Waals surface area (Å²) >= 11 is 0. The smallest absolute Gasteiger partial charge is 0.417 e. The largest absolute Gasteiger partial charge is 0.493 e. The van der Waals surface area contributed by atoms with Gasteiger partial charge in [-0.05, 0) is 49.6 Å². The standard InChI is InChI=1S/C23H25F3N2O2/c1-3-5-6-7-9-16-10-8-11-20(30-4-2)21(16)22(29)28-18-13-12-17(15-27)19(14-18)23(24,25)26/h8,10-14H,3-7,9H2,1-2H3,(H,28,29). The van der Waals surface area contributed by atoms with Crippen LogP contribution in [-0.2, 0) is 12.6 Å². The first-order valence-corrected chi connectivity index (χ1v) is 9.99. The zero-order chi connectivity index (χ0) is 22.1. The van der Waals surface area contributed by atoms with E-state index in [9.17, 15) is 18.0 Å². The average molecular weight is 418 g/mol. The Morgan fingerprint density at radius 3 is 2.53 bits per heavy atom. The molecule has 2 rings (SSSR count). The molecule has 2 aromatic carbocycles. The lowest BCUT2D eigenvalue weighted by molar-refractivity contribution is -0.137. The SMILES string of the molecule is CCCCCCc1cccc(OCC)c1C(=O)Nc1ccc(C#N)c(C(F)(F)F)c1. The Kier molecular flexibility index (Phi) is 8.28. The highest BCUT2D eigenvalue weighted by Crippen LogP contribution is 2.34. The molecular weight excluding hydrogens is 393 g/mol. The third-order valence-corrected chi connectivity index (χ3v) is 4.64. The molecule has 0 saturated heterocycles. The van der Waals surface area contributed by atoms with Crippen molar-refractivity contribution in [1.29, 1.82) is 5.26 Å². The maximum atomic E-state index is 13.2. The number of nitriles is 1. The van der Waals surface area contributed by atoms with Crippen molar-refractivity contribution < 1.29 is 22.7 Å². The number of ether oxygens (including phenoxy) is 1. The summed E-state index contributed by atoms with van der Waals surface area (Å²) in [7, 11) is 0. The summed E-state index contributed by atoms with van der Waals surface area (Å²) in [6.45, 7) is 4.27. The van der Waals surface area contributed by atoms with Gasteiger partial charge >= 0.3 is 6.18 Å². The first-order valence-electron chi connectivity index (χ1n) is 9.99. The maximum Gasteiger partial charge on any atom is 0.417 e. The molecule has 0 bridgehead atoms. The van der Waals surface area contributed by atoms with Crippen molar-refractivity contribution in [2.75, 3.05) is 11.9 Å². The summed E-state index contributed by atoms with van der Waals surface area (Å²) in [5.74, 6) is -0.143. The van der Waals surface area contributed by atoms with Gasteiger partial charge in [0, 0.05) is 5.69 Å². The number of benzene rings is 2. The Morgan fingerprint density at radius 2 is 1.90 bits per heavy atom. The predicted molar refractivity (Wildman–Crippen MR) is 110 cm³/mol. The van der Waals surface area contributed by atoms with Gasteiger partial charge in [-0.3, -0.25) is 4.79 Å². The van der Waals surface area contributed by atoms with E-state index in [1.165, 1.54) is 12.1 Å². The second-order valence-electron chi connectivity index (χ2n) is 6.86. The van der Waals surface area contributed by atoms with Gasteiger partial charge < -0.3 is 10.1 Å². The number of aryl methyl sites for hydroxylation is 1. The van der Waals surface area contributed by atoms with Crippen LogP contribution in [0.4, 0.5) is 18.9 Å². The van der Waals surface area contributed by atoms with Gasteiger partial charge in [-0.2, -0.15) is 18.4 Å². The number of nitrogens with zero attached hydrogens (tertiary/aromatic N) is 1. The fourth-order valence-corrected chi connectivity index (χ4v) is 3.21. The number of amides is 1. The van der Waals surface area contributed by atoms with Gasteiger partial charge in [-0.25, -0.2) is 0 Å². The summed E-state index contributed by atoms with van der Waals surface area (Å²) in [6.07, 6.45) is 0.0920. The number of unbranched alkanes of at least 4 members (excludes halogenated alkanes) is 3. The summed E-state index contributed by atoms with van der Waals surface area (Å²) < 4.78 is 45.3. The maximum absolute atomic E-state index is 13.2. The van der Waals surface area contributed by atoms with Crippen LogP contribution in [-0.4, -0.2) is 12.5 Å². The molecule has 0 heterocycles. The lowest BCUT2D eigenvalue weighted by Crippen LogP contribution is -2.17. The minimum absolute atomic E-state index is 0.0328. The van der Waals surface area contributed by atoms with Crippen molar-refractivity contribution in [1.82, 2.24) is 0 Å². The zero-order valence-electron chi connectivity index (χ0n) is 17.1. The van der Waals surface area contributed by atoms with Crippen LogP contribution in [0.2, 0.25) is 0 Å². The van der Waals surface area contributed by atoms with E-state index in [2.05, 4.69) is 12.2 Å². The van der Waals surface area contributed by atoms with E-state index < -0.39 is 23.2 Å². The van der Waals surface area contributed by atoms with Crippen LogP contribution in [0.3, 0.4) is 0 Å². The number of hydrogen-bond donors (Lipinski definition) is 1. The minimum Gasteiger partial charge on any atom is -0.493 e. The third-order valence-electron chi connectivity index (χ3n) is 4.64. The van der Waals surface area contributed by atoms with E-state index in [1.54, 1.807) is 19.1 Å². The summed E-state index contributed by atoms with van der Waals surface area (Å²) in [5, 5.41) is 11.5. The van der Waals surface area contributed by atoms with Crippen molar-refractivity contribution in [3.05, 3.63) is 58.7 Å². The highest BCUT2D eigenvalue weighted by atomic mass is 19.4. The van der Waals surface area contributed by atoms with Gasteiger partial charge in [0.2, 0.25) is 0 Å². The first-order chi connectivity index (χ1) is 14.3. The third kappa shape index (κ3) is 5.99. The van der Waals surface area contributed by atoms with Gasteiger partial charge in [-0.1, -0.05) is 38.3 Å². The first kappa shape index (κ1) is 23.3. The second-order valence-corrected chi connectivity index (χ2v) is 6.86. The number of nitrogens with one attached hydrogen (secondary N) is 1. The van der Waals surface area contributed by atoms with Crippen LogP contribution in [0.5, 0.6) is 5.75 Å². The molecular formula is C23H25F3N2O2. The van der Waals surface area contributed by atoms with E-state index >= 15 is 0 Å². The molecule has 1 N–H and O–H groups in total. The van der Waals surface area contributed by atoms with Crippen LogP contribution in [0, 0.1) is 11.3 Å². The molecule has 2 aromatic rings. The van der Waals surface area contributed by atoms with Crippen molar-refractivity contribution in [3.63, 3.8) is 0 Å². The highest BCUT2D eigenvalue weighted by molar-refractivity contribution is 6.07. The van der Waals surface area contributed by atoms with E-state index in [0.717, 1.165) is 43.4 Å². The van der Waals surface area contributed by atoms with Gasteiger partial charge in [0.1, 0.15) is 5.75 Å². The summed E-state index contributed by atoms with van der Waals surface area (Å²) in [6, 6.07) is 9.97. The Hall–Kier alpha value is -3.01. The number of alkyl halides is 3. The molecule has 0 aromatic heterocycles. The molecule has 7 heteroatoms. The van der Waals surface area contributed by atoms with Crippen LogP contribution in [0.15, 0.2) is 36.4 Å². The molecule has 30 heavy (non-hydrogen) atoms. The molecule has 0 saturated carbocycles. The highest BCUT2D eigenvalue weighted by Gasteiger charge is 2.34. The molecule has 0 aliphatic rings. The molecule has 0 spiro atoms. The van der Waals surface area contributed by atoms with Crippen molar-refractivity contribution in [2.24, 2.45) is 0 Å². The molecule has 4 nitrogen and oxygen atoms in total. The van der Waals surface area contributed by atoms with Crippen LogP contribution in [0.1, 0.15) is 66.6 Å². The van der Waals surface area contributed by atoms with Gasteiger partial charge in [0.15, 0.2) is 0 Å². The van der Waals surface area contributed by atoms with Crippen molar-refractivity contribution >= 4 is 11.6 Å². The molecule has 0 aliphatic heterocycles. The quantitative estimate of drug-likeness (QED) is 0.483. The number of anilines is 1. The van der Waals surface area contributed by atoms with Crippen LogP contribution >= 0.6 is 0 Å². The average Bonchev–Trinajstić information content (AvgIpc) is 2.71. The number of carbonyl (C=O) groups excluding carboxylic acids is 1. The second kappa shape index (κ2) is 10.7. The fraction of sp³-hybridized carbons (Fsp3) is 0.391. The van der Waals surface area contributed by atoms with E-state index in [0.29, 0.717) is 24.3 Å². The topological polar surface area (TPSA) is 62.1 Å². The van der Waals surface area contributed by atoms with E-state index in [1.807, 2.05) is 6.07 Å². The summed E-state index contributed by atoms with van der Waals surface area (Å²) in [5.41, 5.74) is -0.491. The molecule has 0 unspecified atom stereocenters. The number of carbonyl (C=O) groups is 1. The molecule has 0 radical (unpaired) electrons. The molecule has 0 atom stereocenters. The normalized spacial score (nSPS) is 11.1. The van der Waals surface area contributed by atoms with Gasteiger partial charge in [0.05, 0.1) is 29.4 Å². The fourth-order valence-electron chi connectivity index (χ4n) is 3.21. The van der Waals surface area contributed by atoms with Crippen LogP contribution < -0.4 is 10.1 Å². The van der Waals surface area contributed by atoms with Gasteiger partial charge in [0.25, 0.3) is 5.91 Å². The van der Waals surface area contributed by atoms with Crippen molar-refractivity contribution in [3.8, 4) is 11.8 Å². The monoisotopic (exact) mass is 418 g/mol. The molecule has 1 amide bonds.